The van der Waals surface area contributed by atoms with Crippen molar-refractivity contribution in [1.29, 1.82) is 0 Å². The molecule has 0 saturated carbocycles. The van der Waals surface area contributed by atoms with E-state index in [1.165, 1.54) is 36.4 Å². The molecule has 0 N–H and O–H groups in total. The predicted molar refractivity (Wildman–Crippen MR) is 173 cm³/mol. The third kappa shape index (κ3) is 5.18. The molecule has 0 fully saturated rings. The number of rotatable bonds is 2. The summed E-state index contributed by atoms with van der Waals surface area (Å²) in [5.41, 5.74) is 2.69. The number of para-hydroxylation sites is 1. The van der Waals surface area contributed by atoms with E-state index in [9.17, 15) is 17.6 Å². The van der Waals surface area contributed by atoms with Gasteiger partial charge in [0.15, 0.2) is 11.6 Å². The minimum absolute atomic E-state index is 0.115. The summed E-state index contributed by atoms with van der Waals surface area (Å²) in [6.45, 7) is 5.65. The van der Waals surface area contributed by atoms with Crippen LogP contribution in [-0.4, -0.2) is 41.0 Å². The van der Waals surface area contributed by atoms with Crippen molar-refractivity contribution in [2.75, 3.05) is 0 Å². The van der Waals surface area contributed by atoms with Crippen LogP contribution in [0.1, 0.15) is 58.5 Å². The highest BCUT2D eigenvalue weighted by Crippen LogP contribution is 2.35. The van der Waals surface area contributed by atoms with Crippen molar-refractivity contribution in [3.8, 4) is 11.4 Å². The highest BCUT2D eigenvalue weighted by Gasteiger charge is 2.30. The lowest BCUT2D eigenvalue weighted by molar-refractivity contribution is 0.578. The maximum absolute atomic E-state index is 14.5. The molecule has 8 nitrogen and oxygen atoms in total. The Labute approximate surface area is 277 Å². The lowest BCUT2D eigenvalue weighted by Gasteiger charge is -2.14. The second kappa shape index (κ2) is 12.3. The summed E-state index contributed by atoms with van der Waals surface area (Å²) in [6, 6.07) is 19.7. The second-order valence-corrected chi connectivity index (χ2v) is 11.5. The van der Waals surface area contributed by atoms with Crippen molar-refractivity contribution in [1.82, 2.24) is 29.5 Å². The molecule has 6 aromatic rings. The third-order valence-electron chi connectivity index (χ3n) is 8.09. The van der Waals surface area contributed by atoms with Crippen molar-refractivity contribution in [3.63, 3.8) is 0 Å². The topological polar surface area (TPSA) is 86.1 Å². The van der Waals surface area contributed by atoms with Crippen LogP contribution in [0.2, 0.25) is 5.02 Å². The van der Waals surface area contributed by atoms with Crippen LogP contribution >= 0.6 is 11.6 Å². The average Bonchev–Trinajstić information content (AvgIpc) is 3.54. The maximum Gasteiger partial charge on any atom is 0.162 e. The molecule has 13 heteroatoms. The van der Waals surface area contributed by atoms with E-state index in [-0.39, 0.29) is 23.4 Å². The fraction of sp³-hybridized carbons (Fsp3) is 0.143. The normalized spacial score (nSPS) is 14.6. The Kier molecular flexibility index (Phi) is 7.96. The SMILES string of the molecule is Cc1nnc2n1-c1cccc(Cl)c1C(c1c(F)cccc1F)=N[C@H]2C.Cc1nnc2n1-c1ccccc1C(c1c(F)cccc1F)=NC2. The summed E-state index contributed by atoms with van der Waals surface area (Å²) in [6.07, 6.45) is 0. The molecule has 4 aromatic carbocycles. The third-order valence-corrected chi connectivity index (χ3v) is 8.40. The smallest absolute Gasteiger partial charge is 0.162 e. The van der Waals surface area contributed by atoms with Crippen molar-refractivity contribution < 1.29 is 17.6 Å². The summed E-state index contributed by atoms with van der Waals surface area (Å²) in [5, 5.41) is 16.8. The van der Waals surface area contributed by atoms with Crippen LogP contribution in [0.3, 0.4) is 0 Å². The number of aliphatic imine (C=N–C) groups is 2. The van der Waals surface area contributed by atoms with Gasteiger partial charge in [-0.1, -0.05) is 48.0 Å². The summed E-state index contributed by atoms with van der Waals surface area (Å²) in [4.78, 5) is 8.98. The zero-order valence-electron chi connectivity index (χ0n) is 25.8. The minimum Gasteiger partial charge on any atom is -0.281 e. The van der Waals surface area contributed by atoms with Crippen LogP contribution in [0.25, 0.3) is 11.4 Å². The number of fused-ring (bicyclic) bond motifs is 6. The molecule has 2 aliphatic heterocycles. The van der Waals surface area contributed by atoms with E-state index in [1.807, 2.05) is 47.2 Å². The number of aryl methyl sites for hydroxylation is 2. The number of halogens is 5. The van der Waals surface area contributed by atoms with Gasteiger partial charge in [0.05, 0.1) is 38.9 Å². The van der Waals surface area contributed by atoms with Gasteiger partial charge in [-0.15, -0.1) is 20.4 Å². The van der Waals surface area contributed by atoms with E-state index in [0.29, 0.717) is 50.8 Å². The Morgan fingerprint density at radius 3 is 1.88 bits per heavy atom. The number of hydrogen-bond donors (Lipinski definition) is 0. The van der Waals surface area contributed by atoms with E-state index >= 15 is 0 Å². The Morgan fingerprint density at radius 1 is 0.625 bits per heavy atom. The first kappa shape index (κ1) is 31.1. The number of hydrogen-bond acceptors (Lipinski definition) is 6. The Balaban J connectivity index is 0.000000152. The van der Waals surface area contributed by atoms with E-state index in [1.54, 1.807) is 25.1 Å². The fourth-order valence-corrected chi connectivity index (χ4v) is 6.23. The van der Waals surface area contributed by atoms with E-state index < -0.39 is 29.3 Å². The van der Waals surface area contributed by atoms with Crippen molar-refractivity contribution in [3.05, 3.63) is 153 Å². The average molecular weight is 669 g/mol. The molecular formula is C35H25ClF4N8. The first-order chi connectivity index (χ1) is 23.2. The first-order valence-corrected chi connectivity index (χ1v) is 15.3. The largest absolute Gasteiger partial charge is 0.281 e. The van der Waals surface area contributed by atoms with Crippen molar-refractivity contribution in [2.45, 2.75) is 33.4 Å². The Hall–Kier alpha value is -5.49. The van der Waals surface area contributed by atoms with Crippen LogP contribution in [0.4, 0.5) is 17.6 Å². The standard InChI is InChI=1S/C18H13ClF2N4.C17H12F2N4/c1-9-18-24-23-10(2)25(18)14-8-3-5-11(19)15(14)17(22-9)16-12(20)6-4-7-13(16)21;1-10-21-22-15-9-20-17(16-12(18)6-4-7-13(16)19)11-5-2-3-8-14(11)23(10)15/h3-9H,1-2H3;2-8H,9H2,1H3/t9-;/m0./s1. The van der Waals surface area contributed by atoms with Gasteiger partial charge in [0, 0.05) is 11.1 Å². The lowest BCUT2D eigenvalue weighted by Crippen LogP contribution is -2.12. The molecule has 0 radical (unpaired) electrons. The monoisotopic (exact) mass is 668 g/mol. The van der Waals surface area contributed by atoms with E-state index in [4.69, 9.17) is 11.6 Å². The van der Waals surface area contributed by atoms with Crippen LogP contribution in [-0.2, 0) is 6.54 Å². The predicted octanol–water partition coefficient (Wildman–Crippen LogP) is 7.62. The Bertz CT molecular complexity index is 2250. The van der Waals surface area contributed by atoms with Crippen molar-refractivity contribution in [2.24, 2.45) is 9.98 Å². The van der Waals surface area contributed by atoms with Crippen LogP contribution in [0.15, 0.2) is 88.8 Å². The summed E-state index contributed by atoms with van der Waals surface area (Å²) >= 11 is 6.42. The van der Waals surface area contributed by atoms with Gasteiger partial charge in [-0.2, -0.15) is 0 Å². The van der Waals surface area contributed by atoms with Crippen LogP contribution in [0, 0.1) is 37.1 Å². The highest BCUT2D eigenvalue weighted by molar-refractivity contribution is 6.36. The summed E-state index contributed by atoms with van der Waals surface area (Å²) < 4.78 is 61.1. The quantitative estimate of drug-likeness (QED) is 0.178. The van der Waals surface area contributed by atoms with Gasteiger partial charge in [-0.05, 0) is 63.2 Å². The molecule has 240 valence electrons. The molecule has 1 atom stereocenters. The molecule has 8 rings (SSSR count). The molecule has 0 unspecified atom stereocenters. The molecule has 0 saturated heterocycles. The zero-order chi connectivity index (χ0) is 33.7. The van der Waals surface area contributed by atoms with E-state index in [0.717, 1.165) is 5.69 Å². The molecule has 2 aliphatic rings. The van der Waals surface area contributed by atoms with Crippen molar-refractivity contribution >= 4 is 23.0 Å². The molecule has 0 bridgehead atoms. The molecule has 0 spiro atoms. The summed E-state index contributed by atoms with van der Waals surface area (Å²) in [7, 11) is 0. The zero-order valence-corrected chi connectivity index (χ0v) is 26.5. The lowest BCUT2D eigenvalue weighted by atomic mass is 9.99. The Morgan fingerprint density at radius 2 is 1.19 bits per heavy atom. The van der Waals surface area contributed by atoms with Gasteiger partial charge in [-0.3, -0.25) is 19.1 Å². The first-order valence-electron chi connectivity index (χ1n) is 14.9. The van der Waals surface area contributed by atoms with Crippen LogP contribution in [0.5, 0.6) is 0 Å². The molecule has 0 aliphatic carbocycles. The molecular weight excluding hydrogens is 644 g/mol. The van der Waals surface area contributed by atoms with Gasteiger partial charge >= 0.3 is 0 Å². The summed E-state index contributed by atoms with van der Waals surface area (Å²) in [5.74, 6) is -0.0542. The number of benzene rings is 4. The highest BCUT2D eigenvalue weighted by atomic mass is 35.5. The van der Waals surface area contributed by atoms with Gasteiger partial charge < -0.3 is 0 Å². The van der Waals surface area contributed by atoms with E-state index in [2.05, 4.69) is 30.4 Å². The van der Waals surface area contributed by atoms with Gasteiger partial charge in [0.2, 0.25) is 0 Å². The molecule has 2 aromatic heterocycles. The number of nitrogens with zero attached hydrogens (tertiary/aromatic N) is 8. The minimum atomic E-state index is -0.689. The molecule has 48 heavy (non-hydrogen) atoms. The second-order valence-electron chi connectivity index (χ2n) is 11.1. The molecule has 0 amide bonds. The van der Waals surface area contributed by atoms with Gasteiger partial charge in [0.1, 0.15) is 47.5 Å². The molecule has 4 heterocycles. The fourth-order valence-electron chi connectivity index (χ4n) is 5.97. The number of aromatic nitrogens is 6. The maximum atomic E-state index is 14.5. The van der Waals surface area contributed by atoms with Gasteiger partial charge in [-0.25, -0.2) is 17.6 Å². The van der Waals surface area contributed by atoms with Gasteiger partial charge in [0.25, 0.3) is 0 Å². The van der Waals surface area contributed by atoms with Crippen LogP contribution < -0.4 is 0 Å².